The molecule has 1 aromatic heterocycles. The van der Waals surface area contributed by atoms with E-state index in [1.54, 1.807) is 0 Å². The van der Waals surface area contributed by atoms with E-state index in [4.69, 9.17) is 19.9 Å². The number of carbonyl (C=O) groups excluding carboxylic acids is 2. The van der Waals surface area contributed by atoms with E-state index in [-0.39, 0.29) is 34.9 Å². The molecule has 0 bridgehead atoms. The van der Waals surface area contributed by atoms with Gasteiger partial charge in [-0.1, -0.05) is 30.3 Å². The number of rotatable bonds is 6. The number of nitrogens with two attached hydrogens (primary N) is 1. The number of methoxy groups -OCH3 is 2. The third-order valence-corrected chi connectivity index (χ3v) is 5.08. The second-order valence-corrected chi connectivity index (χ2v) is 7.20. The van der Waals surface area contributed by atoms with Gasteiger partial charge in [0.05, 0.1) is 31.0 Å². The first kappa shape index (κ1) is 21.9. The number of anilines is 1. The van der Waals surface area contributed by atoms with Gasteiger partial charge in [-0.3, -0.25) is 0 Å². The molecule has 1 heterocycles. The molecule has 3 aromatic rings. The Kier molecular flexibility index (Phi) is 6.62. The molecule has 0 spiro atoms. The van der Waals surface area contributed by atoms with Crippen LogP contribution in [0.3, 0.4) is 0 Å². The Labute approximate surface area is 186 Å². The molecule has 0 fully saturated rings. The Bertz CT molecular complexity index is 1180. The highest BCUT2D eigenvalue weighted by atomic mass is 79.9. The Morgan fingerprint density at radius 3 is 2.42 bits per heavy atom. The predicted molar refractivity (Wildman–Crippen MR) is 116 cm³/mol. The lowest BCUT2D eigenvalue weighted by Crippen LogP contribution is -2.13. The van der Waals surface area contributed by atoms with Gasteiger partial charge in [0.2, 0.25) is 0 Å². The first-order valence-electron chi connectivity index (χ1n) is 8.99. The number of hydrogen-bond donors (Lipinski definition) is 1. The molecule has 31 heavy (non-hydrogen) atoms. The number of nitriles is 1. The zero-order valence-corrected chi connectivity index (χ0v) is 18.3. The van der Waals surface area contributed by atoms with Crippen molar-refractivity contribution in [3.05, 3.63) is 75.5 Å². The fourth-order valence-electron chi connectivity index (χ4n) is 2.98. The summed E-state index contributed by atoms with van der Waals surface area (Å²) in [7, 11) is 2.49. The van der Waals surface area contributed by atoms with E-state index in [1.807, 2.05) is 36.4 Å². The number of esters is 2. The summed E-state index contributed by atoms with van der Waals surface area (Å²) in [6.45, 7) is 0.195. The summed E-state index contributed by atoms with van der Waals surface area (Å²) in [5.41, 5.74) is 7.57. The third kappa shape index (κ3) is 4.39. The molecule has 0 atom stereocenters. The van der Waals surface area contributed by atoms with Gasteiger partial charge in [-0.2, -0.15) is 5.26 Å². The van der Waals surface area contributed by atoms with Crippen LogP contribution in [0.1, 0.15) is 32.0 Å². The summed E-state index contributed by atoms with van der Waals surface area (Å²) in [4.78, 5) is 24.5. The van der Waals surface area contributed by atoms with Crippen molar-refractivity contribution in [1.29, 1.82) is 5.26 Å². The van der Waals surface area contributed by atoms with E-state index in [0.29, 0.717) is 10.2 Å². The molecule has 0 saturated heterocycles. The quantitative estimate of drug-likeness (QED) is 0.529. The summed E-state index contributed by atoms with van der Waals surface area (Å²) < 4.78 is 17.5. The van der Waals surface area contributed by atoms with Crippen LogP contribution in [0.2, 0.25) is 0 Å². The fraction of sp³-hybridized carbons (Fsp3) is 0.136. The van der Waals surface area contributed by atoms with Gasteiger partial charge in [0, 0.05) is 10.7 Å². The smallest absolute Gasteiger partial charge is 0.357 e. The molecule has 0 unspecified atom stereocenters. The molecular formula is C22H18BrN3O5. The molecule has 0 aliphatic rings. The topological polar surface area (TPSA) is 117 Å². The van der Waals surface area contributed by atoms with Crippen LogP contribution in [0.5, 0.6) is 5.75 Å². The monoisotopic (exact) mass is 483 g/mol. The molecule has 8 nitrogen and oxygen atoms in total. The van der Waals surface area contributed by atoms with Gasteiger partial charge in [-0.05, 0) is 33.6 Å². The molecule has 9 heteroatoms. The van der Waals surface area contributed by atoms with E-state index < -0.39 is 11.9 Å². The van der Waals surface area contributed by atoms with E-state index in [9.17, 15) is 14.9 Å². The molecule has 0 amide bonds. The van der Waals surface area contributed by atoms with Gasteiger partial charge < -0.3 is 24.5 Å². The summed E-state index contributed by atoms with van der Waals surface area (Å²) in [5.74, 6) is -1.02. The van der Waals surface area contributed by atoms with Crippen molar-refractivity contribution in [2.24, 2.45) is 0 Å². The van der Waals surface area contributed by atoms with Crippen molar-refractivity contribution < 1.29 is 23.8 Å². The largest absolute Gasteiger partial charge is 0.487 e. The minimum absolute atomic E-state index is 0.0210. The molecular weight excluding hydrogens is 466 g/mol. The molecule has 0 radical (unpaired) electrons. The Balaban J connectivity index is 2.21. The minimum Gasteiger partial charge on any atom is -0.487 e. The average molecular weight is 484 g/mol. The number of hydrogen-bond acceptors (Lipinski definition) is 7. The van der Waals surface area contributed by atoms with Crippen LogP contribution in [0.25, 0.3) is 5.69 Å². The standard InChI is InChI=1S/C22H18BrN3O5/c1-29-21(27)14-8-16(23)19(17(9-14)31-12-13-6-4-3-5-7-13)26-11-15(10-24)18(25)20(26)22(28)30-2/h3-9,11H,12,25H2,1-2H3. The lowest BCUT2D eigenvalue weighted by atomic mass is 10.1. The van der Waals surface area contributed by atoms with E-state index in [0.717, 1.165) is 5.56 Å². The van der Waals surface area contributed by atoms with Crippen LogP contribution in [-0.2, 0) is 16.1 Å². The second kappa shape index (κ2) is 9.36. The number of nitrogen functional groups attached to an aromatic ring is 1. The van der Waals surface area contributed by atoms with Gasteiger partial charge in [0.25, 0.3) is 0 Å². The number of halogens is 1. The van der Waals surface area contributed by atoms with Crippen molar-refractivity contribution in [3.8, 4) is 17.5 Å². The van der Waals surface area contributed by atoms with Crippen LogP contribution >= 0.6 is 15.9 Å². The summed E-state index contributed by atoms with van der Waals surface area (Å²) in [6, 6.07) is 14.4. The number of nitrogens with zero attached hydrogens (tertiary/aromatic N) is 2. The van der Waals surface area contributed by atoms with Gasteiger partial charge in [0.1, 0.15) is 24.1 Å². The van der Waals surface area contributed by atoms with Crippen molar-refractivity contribution in [2.75, 3.05) is 20.0 Å². The van der Waals surface area contributed by atoms with Gasteiger partial charge in [0.15, 0.2) is 5.69 Å². The average Bonchev–Trinajstić information content (AvgIpc) is 3.12. The highest BCUT2D eigenvalue weighted by Crippen LogP contribution is 2.37. The van der Waals surface area contributed by atoms with Crippen molar-refractivity contribution in [1.82, 2.24) is 4.57 Å². The van der Waals surface area contributed by atoms with Crippen molar-refractivity contribution >= 4 is 33.6 Å². The first-order valence-corrected chi connectivity index (χ1v) is 9.78. The van der Waals surface area contributed by atoms with Gasteiger partial charge >= 0.3 is 11.9 Å². The zero-order chi connectivity index (χ0) is 22.5. The van der Waals surface area contributed by atoms with Crippen LogP contribution in [-0.4, -0.2) is 30.7 Å². The lowest BCUT2D eigenvalue weighted by Gasteiger charge is -2.17. The number of carbonyl (C=O) groups is 2. The van der Waals surface area contributed by atoms with Gasteiger partial charge in [-0.15, -0.1) is 0 Å². The van der Waals surface area contributed by atoms with Crippen LogP contribution in [0, 0.1) is 11.3 Å². The van der Waals surface area contributed by atoms with Crippen molar-refractivity contribution in [2.45, 2.75) is 6.61 Å². The zero-order valence-electron chi connectivity index (χ0n) is 16.7. The SMILES string of the molecule is COC(=O)c1cc(Br)c(-n2cc(C#N)c(N)c2C(=O)OC)c(OCc2ccccc2)c1. The first-order chi connectivity index (χ1) is 14.9. The molecule has 0 aliphatic carbocycles. The maximum atomic E-state index is 12.4. The highest BCUT2D eigenvalue weighted by Gasteiger charge is 2.26. The minimum atomic E-state index is -0.725. The van der Waals surface area contributed by atoms with Crippen LogP contribution < -0.4 is 10.5 Å². The maximum absolute atomic E-state index is 12.4. The van der Waals surface area contributed by atoms with Crippen LogP contribution in [0.15, 0.2) is 53.1 Å². The van der Waals surface area contributed by atoms with Gasteiger partial charge in [-0.25, -0.2) is 9.59 Å². The Hall–Kier alpha value is -3.77. The highest BCUT2D eigenvalue weighted by molar-refractivity contribution is 9.10. The fourth-order valence-corrected chi connectivity index (χ4v) is 3.61. The lowest BCUT2D eigenvalue weighted by molar-refractivity contribution is 0.0586. The summed E-state index contributed by atoms with van der Waals surface area (Å²) in [6.07, 6.45) is 1.41. The molecule has 0 saturated carbocycles. The molecule has 2 N–H and O–H groups in total. The van der Waals surface area contributed by atoms with E-state index >= 15 is 0 Å². The molecule has 158 valence electrons. The second-order valence-electron chi connectivity index (χ2n) is 6.35. The van der Waals surface area contributed by atoms with Crippen molar-refractivity contribution in [3.63, 3.8) is 0 Å². The van der Waals surface area contributed by atoms with Crippen LogP contribution in [0.4, 0.5) is 5.69 Å². The molecule has 0 aliphatic heterocycles. The Morgan fingerprint density at radius 2 is 1.81 bits per heavy atom. The predicted octanol–water partition coefficient (Wildman–Crippen LogP) is 3.85. The Morgan fingerprint density at radius 1 is 1.13 bits per heavy atom. The molecule has 2 aromatic carbocycles. The summed E-state index contributed by atoms with van der Waals surface area (Å²) in [5, 5.41) is 9.40. The number of ether oxygens (including phenoxy) is 3. The van der Waals surface area contributed by atoms with E-state index in [2.05, 4.69) is 15.9 Å². The maximum Gasteiger partial charge on any atom is 0.357 e. The normalized spacial score (nSPS) is 10.3. The summed E-state index contributed by atoms with van der Waals surface area (Å²) >= 11 is 3.43. The third-order valence-electron chi connectivity index (χ3n) is 4.47. The van der Waals surface area contributed by atoms with E-state index in [1.165, 1.54) is 37.1 Å². The molecule has 3 rings (SSSR count). The number of benzene rings is 2. The number of aromatic nitrogens is 1.